The number of ether oxygens (including phenoxy) is 2. The third-order valence-corrected chi connectivity index (χ3v) is 5.22. The zero-order valence-corrected chi connectivity index (χ0v) is 18.9. The van der Waals surface area contributed by atoms with E-state index in [1.54, 1.807) is 36.4 Å². The molecule has 35 heavy (non-hydrogen) atoms. The third-order valence-electron chi connectivity index (χ3n) is 5.22. The highest BCUT2D eigenvalue weighted by atomic mass is 16.5. The molecular weight excluding hydrogens is 456 g/mol. The van der Waals surface area contributed by atoms with Crippen LogP contribution in [0.1, 0.15) is 19.3 Å². The van der Waals surface area contributed by atoms with Crippen molar-refractivity contribution < 1.29 is 29.3 Å². The number of aromatic nitrogens is 2. The van der Waals surface area contributed by atoms with Crippen LogP contribution in [-0.4, -0.2) is 46.2 Å². The smallest absolute Gasteiger partial charge is 0.264 e. The lowest BCUT2D eigenvalue weighted by molar-refractivity contribution is -0.119. The number of carbonyl (C=O) groups is 2. The Bertz CT molecular complexity index is 1360. The number of nitrogens with zero attached hydrogens (tertiary/aromatic N) is 4. The van der Waals surface area contributed by atoms with E-state index < -0.39 is 11.8 Å². The van der Waals surface area contributed by atoms with Crippen LogP contribution in [0, 0.1) is 0 Å². The number of azo groups is 2. The van der Waals surface area contributed by atoms with Crippen molar-refractivity contribution in [1.29, 1.82) is 0 Å². The molecule has 4 N–H and O–H groups in total. The molecule has 0 spiro atoms. The minimum absolute atomic E-state index is 0.0489. The summed E-state index contributed by atoms with van der Waals surface area (Å²) in [6.45, 7) is 0. The Labute approximate surface area is 198 Å². The number of benzene rings is 2. The summed E-state index contributed by atoms with van der Waals surface area (Å²) in [7, 11) is 3.03. The van der Waals surface area contributed by atoms with Crippen molar-refractivity contribution in [2.45, 2.75) is 19.3 Å². The number of aromatic hydroxyl groups is 2. The summed E-state index contributed by atoms with van der Waals surface area (Å²) in [4.78, 5) is 29.7. The summed E-state index contributed by atoms with van der Waals surface area (Å²) in [6, 6.07) is 10.2. The Balaban J connectivity index is 1.34. The number of carbonyl (C=O) groups excluding carboxylic acids is 2. The molecule has 0 aliphatic rings. The van der Waals surface area contributed by atoms with Crippen LogP contribution in [-0.2, 0) is 9.59 Å². The number of fused-ring (bicyclic) bond motifs is 2. The summed E-state index contributed by atoms with van der Waals surface area (Å²) < 4.78 is 10.3. The van der Waals surface area contributed by atoms with Gasteiger partial charge in [0.2, 0.25) is 11.8 Å². The molecule has 180 valence electrons. The highest BCUT2D eigenvalue weighted by Gasteiger charge is 2.14. The molecule has 2 aromatic heterocycles. The molecule has 0 fully saturated rings. The minimum Gasteiger partial charge on any atom is -0.497 e. The van der Waals surface area contributed by atoms with E-state index in [4.69, 9.17) is 9.47 Å². The number of methoxy groups -OCH3 is 2. The summed E-state index contributed by atoms with van der Waals surface area (Å²) in [5.41, 5.74) is 1.46. The van der Waals surface area contributed by atoms with E-state index in [0.29, 0.717) is 33.3 Å². The van der Waals surface area contributed by atoms with Crippen LogP contribution in [0.15, 0.2) is 56.9 Å². The quantitative estimate of drug-likeness (QED) is 0.254. The van der Waals surface area contributed by atoms with Crippen LogP contribution >= 0.6 is 0 Å². The van der Waals surface area contributed by atoms with E-state index in [-0.39, 0.29) is 42.4 Å². The van der Waals surface area contributed by atoms with Crippen molar-refractivity contribution >= 4 is 45.0 Å². The van der Waals surface area contributed by atoms with Crippen molar-refractivity contribution in [3.63, 3.8) is 0 Å². The average molecular weight is 478 g/mol. The average Bonchev–Trinajstić information content (AvgIpc) is 3.34. The molecule has 12 nitrogen and oxygen atoms in total. The number of rotatable bonds is 8. The molecule has 0 bridgehead atoms. The van der Waals surface area contributed by atoms with Crippen LogP contribution in [0.2, 0.25) is 0 Å². The van der Waals surface area contributed by atoms with Gasteiger partial charge in [-0.25, -0.2) is 0 Å². The fraction of sp³-hybridized carbons (Fsp3) is 0.217. The van der Waals surface area contributed by atoms with E-state index in [2.05, 4.69) is 30.4 Å². The summed E-state index contributed by atoms with van der Waals surface area (Å²) >= 11 is 0. The van der Waals surface area contributed by atoms with Gasteiger partial charge in [-0.15, -0.1) is 20.5 Å². The van der Waals surface area contributed by atoms with Crippen LogP contribution < -0.4 is 9.47 Å². The van der Waals surface area contributed by atoms with Crippen LogP contribution in [0.25, 0.3) is 21.8 Å². The number of hydrogen-bond acceptors (Lipinski definition) is 8. The fourth-order valence-corrected chi connectivity index (χ4v) is 3.44. The largest absolute Gasteiger partial charge is 0.497 e. The number of H-pyrrole nitrogens is 2. The molecule has 2 heterocycles. The van der Waals surface area contributed by atoms with E-state index in [1.165, 1.54) is 14.2 Å². The molecule has 0 saturated carbocycles. The predicted molar refractivity (Wildman–Crippen MR) is 126 cm³/mol. The lowest BCUT2D eigenvalue weighted by Crippen LogP contribution is -1.96. The first kappa shape index (κ1) is 23.4. The summed E-state index contributed by atoms with van der Waals surface area (Å²) in [6.07, 6.45) is 0.0799. The molecule has 2 amide bonds. The maximum Gasteiger partial charge on any atom is 0.264 e. The maximum absolute atomic E-state index is 12.1. The van der Waals surface area contributed by atoms with Gasteiger partial charge in [-0.3, -0.25) is 9.59 Å². The minimum atomic E-state index is -0.562. The number of nitrogens with one attached hydrogen (secondary N) is 2. The summed E-state index contributed by atoms with van der Waals surface area (Å²) in [5, 5.41) is 36.2. The third kappa shape index (κ3) is 5.11. The standard InChI is InChI=1S/C23H22N6O6/c1-34-12-6-8-16-14(10-12)20(22(32)24-16)28-26-18(30)4-3-5-19(31)27-29-21-15-11-13(35-2)7-9-17(15)25-23(21)33/h6-11,24-25,32-33H,3-5H2,1-2H3. The van der Waals surface area contributed by atoms with Crippen LogP contribution in [0.4, 0.5) is 11.4 Å². The first-order valence-electron chi connectivity index (χ1n) is 10.6. The van der Waals surface area contributed by atoms with E-state index in [0.717, 1.165) is 0 Å². The van der Waals surface area contributed by atoms with Crippen molar-refractivity contribution in [3.8, 4) is 23.3 Å². The Hall–Kier alpha value is -4.74. The van der Waals surface area contributed by atoms with Crippen molar-refractivity contribution in [3.05, 3.63) is 36.4 Å². The van der Waals surface area contributed by atoms with Crippen molar-refractivity contribution in [1.82, 2.24) is 9.97 Å². The second-order valence-corrected chi connectivity index (χ2v) is 7.51. The second-order valence-electron chi connectivity index (χ2n) is 7.51. The molecule has 0 aliphatic carbocycles. The van der Waals surface area contributed by atoms with Gasteiger partial charge in [-0.1, -0.05) is 0 Å². The molecule has 0 unspecified atom stereocenters. The number of hydrogen-bond donors (Lipinski definition) is 4. The Morgan fingerprint density at radius 1 is 0.771 bits per heavy atom. The van der Waals surface area contributed by atoms with Gasteiger partial charge < -0.3 is 29.7 Å². The highest BCUT2D eigenvalue weighted by Crippen LogP contribution is 2.38. The van der Waals surface area contributed by atoms with Gasteiger partial charge in [0.25, 0.3) is 11.8 Å². The number of amides is 2. The normalized spacial score (nSPS) is 11.7. The first-order chi connectivity index (χ1) is 16.9. The van der Waals surface area contributed by atoms with Crippen molar-refractivity contribution in [2.75, 3.05) is 14.2 Å². The SMILES string of the molecule is COc1ccc2[nH]c(O)c(N=NC(=O)CCCC(=O)N=Nc3c(O)[nH]c4ccc(OC)cc34)c2c1. The molecule has 0 radical (unpaired) electrons. The van der Waals surface area contributed by atoms with Crippen LogP contribution in [0.3, 0.4) is 0 Å². The summed E-state index contributed by atoms with van der Waals surface area (Å²) in [5.74, 6) is -0.448. The van der Waals surface area contributed by atoms with Gasteiger partial charge in [-0.2, -0.15) is 0 Å². The zero-order chi connectivity index (χ0) is 24.9. The van der Waals surface area contributed by atoms with E-state index in [1.807, 2.05) is 0 Å². The fourth-order valence-electron chi connectivity index (χ4n) is 3.44. The van der Waals surface area contributed by atoms with Gasteiger partial charge in [0.15, 0.2) is 11.4 Å². The molecule has 0 saturated heterocycles. The topological polar surface area (TPSA) is 174 Å². The maximum atomic E-state index is 12.1. The van der Waals surface area contributed by atoms with Gasteiger partial charge >= 0.3 is 0 Å². The van der Waals surface area contributed by atoms with Crippen molar-refractivity contribution in [2.24, 2.45) is 20.5 Å². The second kappa shape index (κ2) is 10.0. The van der Waals surface area contributed by atoms with E-state index in [9.17, 15) is 19.8 Å². The monoisotopic (exact) mass is 478 g/mol. The lowest BCUT2D eigenvalue weighted by atomic mass is 10.2. The molecular formula is C23H22N6O6. The highest BCUT2D eigenvalue weighted by molar-refractivity contribution is 5.96. The molecule has 2 aromatic carbocycles. The Morgan fingerprint density at radius 3 is 1.60 bits per heavy atom. The predicted octanol–water partition coefficient (Wildman–Crippen LogP) is 5.17. The Morgan fingerprint density at radius 2 is 1.20 bits per heavy atom. The first-order valence-corrected chi connectivity index (χ1v) is 10.6. The molecule has 4 aromatic rings. The van der Waals surface area contributed by atoms with Crippen LogP contribution in [0.5, 0.6) is 23.3 Å². The molecule has 12 heteroatoms. The zero-order valence-electron chi connectivity index (χ0n) is 18.9. The Kier molecular flexibility index (Phi) is 6.71. The van der Waals surface area contributed by atoms with E-state index >= 15 is 0 Å². The van der Waals surface area contributed by atoms with Gasteiger partial charge in [0.05, 0.1) is 25.3 Å². The van der Waals surface area contributed by atoms with Gasteiger partial charge in [-0.05, 0) is 42.8 Å². The molecule has 0 aliphatic heterocycles. The van der Waals surface area contributed by atoms with Gasteiger partial charge in [0.1, 0.15) is 11.5 Å². The van der Waals surface area contributed by atoms with Gasteiger partial charge in [0, 0.05) is 23.6 Å². The lowest BCUT2D eigenvalue weighted by Gasteiger charge is -1.99. The molecule has 4 rings (SSSR count). The molecule has 0 atom stereocenters. The number of aromatic amines is 2.